The lowest BCUT2D eigenvalue weighted by Crippen LogP contribution is -2.28. The molecule has 2 heterocycles. The van der Waals surface area contributed by atoms with Crippen molar-refractivity contribution in [3.05, 3.63) is 17.5 Å². The minimum atomic E-state index is -1.10. The van der Waals surface area contributed by atoms with Gasteiger partial charge in [0.05, 0.1) is 11.8 Å². The van der Waals surface area contributed by atoms with E-state index < -0.39 is 12.1 Å². The minimum absolute atomic E-state index is 0.00750. The second-order valence-electron chi connectivity index (χ2n) is 4.55. The van der Waals surface area contributed by atoms with Gasteiger partial charge in [-0.25, -0.2) is 4.79 Å². The Labute approximate surface area is 104 Å². The van der Waals surface area contributed by atoms with Crippen LogP contribution in [-0.4, -0.2) is 34.2 Å². The molecule has 0 radical (unpaired) electrons. The van der Waals surface area contributed by atoms with Crippen molar-refractivity contribution in [1.82, 2.24) is 4.98 Å². The van der Waals surface area contributed by atoms with Crippen molar-refractivity contribution < 1.29 is 19.4 Å². The van der Waals surface area contributed by atoms with Crippen LogP contribution in [0.2, 0.25) is 0 Å². The predicted octanol–water partition coefficient (Wildman–Crippen LogP) is 1.53. The number of ether oxygens (including phenoxy) is 1. The van der Waals surface area contributed by atoms with Gasteiger partial charge in [-0.3, -0.25) is 4.79 Å². The lowest BCUT2D eigenvalue weighted by Gasteiger charge is -2.11. The van der Waals surface area contributed by atoms with Gasteiger partial charge < -0.3 is 20.1 Å². The Morgan fingerprint density at radius 3 is 2.78 bits per heavy atom. The van der Waals surface area contributed by atoms with Crippen LogP contribution >= 0.6 is 0 Å². The summed E-state index contributed by atoms with van der Waals surface area (Å²) in [5, 5.41) is 11.6. The molecule has 0 spiro atoms. The van der Waals surface area contributed by atoms with Gasteiger partial charge >= 0.3 is 5.97 Å². The van der Waals surface area contributed by atoms with Crippen molar-refractivity contribution in [2.75, 3.05) is 5.32 Å². The van der Waals surface area contributed by atoms with Crippen molar-refractivity contribution in [1.29, 1.82) is 0 Å². The number of aromatic carboxylic acids is 1. The number of carboxylic acids is 1. The third kappa shape index (κ3) is 2.53. The van der Waals surface area contributed by atoms with E-state index >= 15 is 0 Å². The first-order chi connectivity index (χ1) is 8.47. The smallest absolute Gasteiger partial charge is 0.354 e. The molecule has 1 aromatic heterocycles. The molecule has 1 saturated heterocycles. The van der Waals surface area contributed by atoms with E-state index in [0.29, 0.717) is 12.1 Å². The zero-order valence-electron chi connectivity index (χ0n) is 10.3. The van der Waals surface area contributed by atoms with E-state index in [-0.39, 0.29) is 23.4 Å². The highest BCUT2D eigenvalue weighted by Crippen LogP contribution is 2.22. The standard InChI is InChI=1S/C12H16N2O4/c1-6-5-8(10(13-6)12(16)17)14-11(15)9-4-3-7(2)18-9/h5,7,9,13H,3-4H2,1-2H3,(H,14,15)(H,16,17). The molecule has 6 heteroatoms. The summed E-state index contributed by atoms with van der Waals surface area (Å²) in [6, 6.07) is 1.60. The Morgan fingerprint density at radius 2 is 2.22 bits per heavy atom. The van der Waals surface area contributed by atoms with Gasteiger partial charge in [-0.2, -0.15) is 0 Å². The highest BCUT2D eigenvalue weighted by atomic mass is 16.5. The molecule has 2 rings (SSSR count). The molecule has 0 aromatic carbocycles. The summed E-state index contributed by atoms with van der Waals surface area (Å²) in [7, 11) is 0. The molecule has 0 aliphatic carbocycles. The van der Waals surface area contributed by atoms with Gasteiger partial charge in [0.2, 0.25) is 0 Å². The van der Waals surface area contributed by atoms with Crippen LogP contribution in [0.5, 0.6) is 0 Å². The summed E-state index contributed by atoms with van der Waals surface area (Å²) < 4.78 is 5.43. The molecular weight excluding hydrogens is 236 g/mol. The first kappa shape index (κ1) is 12.6. The van der Waals surface area contributed by atoms with Gasteiger partial charge in [-0.15, -0.1) is 0 Å². The number of rotatable bonds is 3. The first-order valence-electron chi connectivity index (χ1n) is 5.86. The highest BCUT2D eigenvalue weighted by molar-refractivity contribution is 6.01. The zero-order valence-corrected chi connectivity index (χ0v) is 10.3. The molecule has 1 aliphatic heterocycles. The molecule has 18 heavy (non-hydrogen) atoms. The molecule has 98 valence electrons. The second kappa shape index (κ2) is 4.81. The third-order valence-corrected chi connectivity index (χ3v) is 2.95. The van der Waals surface area contributed by atoms with E-state index in [0.717, 1.165) is 6.42 Å². The van der Waals surface area contributed by atoms with Crippen LogP contribution in [0.1, 0.15) is 35.9 Å². The predicted molar refractivity (Wildman–Crippen MR) is 64.7 cm³/mol. The normalized spacial score (nSPS) is 23.0. The van der Waals surface area contributed by atoms with Crippen LogP contribution < -0.4 is 5.32 Å². The Balaban J connectivity index is 2.09. The SMILES string of the molecule is Cc1cc(NC(=O)C2CCC(C)O2)c(C(=O)O)[nH]1. The van der Waals surface area contributed by atoms with Crippen molar-refractivity contribution in [3.8, 4) is 0 Å². The average molecular weight is 252 g/mol. The van der Waals surface area contributed by atoms with Gasteiger partial charge in [0.15, 0.2) is 0 Å². The van der Waals surface area contributed by atoms with Crippen LogP contribution in [0.15, 0.2) is 6.07 Å². The van der Waals surface area contributed by atoms with Gasteiger partial charge in [0.1, 0.15) is 11.8 Å². The summed E-state index contributed by atoms with van der Waals surface area (Å²) in [5.41, 5.74) is 0.962. The minimum Gasteiger partial charge on any atom is -0.477 e. The fourth-order valence-electron chi connectivity index (χ4n) is 2.07. The Bertz CT molecular complexity index is 480. The van der Waals surface area contributed by atoms with E-state index in [9.17, 15) is 9.59 Å². The molecule has 1 amide bonds. The van der Waals surface area contributed by atoms with Crippen LogP contribution in [0.25, 0.3) is 0 Å². The maximum atomic E-state index is 11.9. The Kier molecular flexibility index (Phi) is 3.38. The summed E-state index contributed by atoms with van der Waals surface area (Å²) in [4.78, 5) is 25.6. The molecule has 6 nitrogen and oxygen atoms in total. The number of aryl methyl sites for hydroxylation is 1. The van der Waals surface area contributed by atoms with E-state index in [1.54, 1.807) is 13.0 Å². The maximum Gasteiger partial charge on any atom is 0.354 e. The van der Waals surface area contributed by atoms with Gasteiger partial charge in [-0.1, -0.05) is 0 Å². The quantitative estimate of drug-likeness (QED) is 0.760. The summed E-state index contributed by atoms with van der Waals surface area (Å²) in [6.07, 6.45) is 1.10. The largest absolute Gasteiger partial charge is 0.477 e. The van der Waals surface area contributed by atoms with E-state index in [4.69, 9.17) is 9.84 Å². The number of anilines is 1. The summed E-state index contributed by atoms with van der Waals surface area (Å²) in [5.74, 6) is -1.39. The van der Waals surface area contributed by atoms with Gasteiger partial charge in [0, 0.05) is 5.69 Å². The molecule has 1 fully saturated rings. The number of carboxylic acid groups (broad SMARTS) is 1. The van der Waals surface area contributed by atoms with Gasteiger partial charge in [-0.05, 0) is 32.8 Å². The molecular formula is C12H16N2O4. The Morgan fingerprint density at radius 1 is 1.50 bits per heavy atom. The number of carbonyl (C=O) groups excluding carboxylic acids is 1. The van der Waals surface area contributed by atoms with Crippen LogP contribution in [0.3, 0.4) is 0 Å². The highest BCUT2D eigenvalue weighted by Gasteiger charge is 2.29. The van der Waals surface area contributed by atoms with E-state index in [1.807, 2.05) is 6.92 Å². The molecule has 3 N–H and O–H groups in total. The number of hydrogen-bond donors (Lipinski definition) is 3. The number of hydrogen-bond acceptors (Lipinski definition) is 3. The van der Waals surface area contributed by atoms with Crippen molar-refractivity contribution >= 4 is 17.6 Å². The average Bonchev–Trinajstić information content (AvgIpc) is 2.85. The number of aromatic nitrogens is 1. The molecule has 0 bridgehead atoms. The molecule has 2 atom stereocenters. The zero-order chi connectivity index (χ0) is 13.3. The first-order valence-corrected chi connectivity index (χ1v) is 5.86. The van der Waals surface area contributed by atoms with E-state index in [1.165, 1.54) is 0 Å². The monoisotopic (exact) mass is 252 g/mol. The van der Waals surface area contributed by atoms with Crippen molar-refractivity contribution in [2.24, 2.45) is 0 Å². The second-order valence-corrected chi connectivity index (χ2v) is 4.55. The van der Waals surface area contributed by atoms with Crippen LogP contribution in [0.4, 0.5) is 5.69 Å². The summed E-state index contributed by atoms with van der Waals surface area (Å²) in [6.45, 7) is 3.65. The fraction of sp³-hybridized carbons (Fsp3) is 0.500. The molecule has 2 unspecified atom stereocenters. The molecule has 0 saturated carbocycles. The molecule has 1 aromatic rings. The fourth-order valence-corrected chi connectivity index (χ4v) is 2.07. The van der Waals surface area contributed by atoms with Crippen molar-refractivity contribution in [2.45, 2.75) is 38.9 Å². The summed E-state index contributed by atoms with van der Waals surface area (Å²) >= 11 is 0. The number of nitrogens with one attached hydrogen (secondary N) is 2. The van der Waals surface area contributed by atoms with E-state index in [2.05, 4.69) is 10.3 Å². The molecule has 1 aliphatic rings. The lowest BCUT2D eigenvalue weighted by molar-refractivity contribution is -0.126. The number of amides is 1. The number of H-pyrrole nitrogens is 1. The lowest BCUT2D eigenvalue weighted by atomic mass is 10.2. The van der Waals surface area contributed by atoms with Crippen molar-refractivity contribution in [3.63, 3.8) is 0 Å². The van der Waals surface area contributed by atoms with Crippen LogP contribution in [0, 0.1) is 6.92 Å². The van der Waals surface area contributed by atoms with Crippen LogP contribution in [-0.2, 0) is 9.53 Å². The van der Waals surface area contributed by atoms with Gasteiger partial charge in [0.25, 0.3) is 5.91 Å². The number of aromatic amines is 1. The third-order valence-electron chi connectivity index (χ3n) is 2.95. The topological polar surface area (TPSA) is 91.4 Å². The Hall–Kier alpha value is -1.82. The maximum absolute atomic E-state index is 11.9. The number of carbonyl (C=O) groups is 2.